The summed E-state index contributed by atoms with van der Waals surface area (Å²) in [5, 5.41) is 0. The Labute approximate surface area is 132 Å². The van der Waals surface area contributed by atoms with Gasteiger partial charge in [-0.05, 0) is 38.8 Å². The number of amides is 1. The second-order valence-corrected chi connectivity index (χ2v) is 6.85. The zero-order valence-electron chi connectivity index (χ0n) is 13.2. The van der Waals surface area contributed by atoms with Crippen LogP contribution >= 0.6 is 0 Å². The largest absolute Gasteiger partial charge is 0.493 e. The summed E-state index contributed by atoms with van der Waals surface area (Å²) in [4.78, 5) is 17.7. The molecule has 3 aliphatic heterocycles. The number of fused-ring (bicyclic) bond motifs is 3. The third kappa shape index (κ3) is 2.30. The highest BCUT2D eigenvalue weighted by Crippen LogP contribution is 2.36. The van der Waals surface area contributed by atoms with E-state index in [2.05, 4.69) is 16.8 Å². The maximum absolute atomic E-state index is 13.1. The molecule has 3 heterocycles. The topological polar surface area (TPSA) is 32.8 Å². The van der Waals surface area contributed by atoms with Crippen LogP contribution in [0.15, 0.2) is 24.3 Å². The first-order valence-corrected chi connectivity index (χ1v) is 8.46. The van der Waals surface area contributed by atoms with Crippen LogP contribution in [0.4, 0.5) is 0 Å². The van der Waals surface area contributed by atoms with Gasteiger partial charge in [-0.1, -0.05) is 18.2 Å². The van der Waals surface area contributed by atoms with Gasteiger partial charge in [0, 0.05) is 30.7 Å². The molecule has 3 atom stereocenters. The monoisotopic (exact) mass is 300 g/mol. The third-order valence-electron chi connectivity index (χ3n) is 5.72. The second-order valence-electron chi connectivity index (χ2n) is 6.85. The Morgan fingerprint density at radius 2 is 1.95 bits per heavy atom. The molecule has 118 valence electrons. The normalized spacial score (nSPS) is 31.3. The number of rotatable bonds is 1. The Balaban J connectivity index is 1.55. The highest BCUT2D eigenvalue weighted by Gasteiger charge is 2.38. The summed E-state index contributed by atoms with van der Waals surface area (Å²) >= 11 is 0. The predicted molar refractivity (Wildman–Crippen MR) is 85.1 cm³/mol. The summed E-state index contributed by atoms with van der Waals surface area (Å²) in [6.07, 6.45) is 4.44. The van der Waals surface area contributed by atoms with Crippen LogP contribution in [0, 0.1) is 0 Å². The molecule has 2 fully saturated rings. The molecule has 0 aliphatic carbocycles. The first-order chi connectivity index (χ1) is 10.7. The number of para-hydroxylation sites is 1. The van der Waals surface area contributed by atoms with E-state index in [-0.39, 0.29) is 5.92 Å². The summed E-state index contributed by atoms with van der Waals surface area (Å²) in [6, 6.07) is 9.23. The van der Waals surface area contributed by atoms with Gasteiger partial charge in [0.05, 0.1) is 12.5 Å². The van der Waals surface area contributed by atoms with Crippen molar-refractivity contribution in [2.24, 2.45) is 0 Å². The van der Waals surface area contributed by atoms with Crippen molar-refractivity contribution in [3.05, 3.63) is 29.8 Å². The van der Waals surface area contributed by atoms with Crippen molar-refractivity contribution in [3.8, 4) is 5.75 Å². The van der Waals surface area contributed by atoms with E-state index in [0.29, 0.717) is 24.6 Å². The number of hydrogen-bond acceptors (Lipinski definition) is 3. The molecule has 3 aliphatic rings. The first-order valence-electron chi connectivity index (χ1n) is 8.46. The first kappa shape index (κ1) is 14.1. The lowest BCUT2D eigenvalue weighted by Gasteiger charge is -2.32. The lowest BCUT2D eigenvalue weighted by atomic mass is 9.91. The summed E-state index contributed by atoms with van der Waals surface area (Å²) in [5.41, 5.74) is 1.07. The Morgan fingerprint density at radius 3 is 2.86 bits per heavy atom. The minimum absolute atomic E-state index is 0.0214. The molecule has 0 aromatic heterocycles. The fourth-order valence-electron chi connectivity index (χ4n) is 4.33. The number of benzene rings is 1. The minimum atomic E-state index is -0.0214. The van der Waals surface area contributed by atoms with Crippen LogP contribution in [-0.2, 0) is 4.79 Å². The highest BCUT2D eigenvalue weighted by molar-refractivity contribution is 5.85. The molecule has 1 aromatic carbocycles. The molecule has 2 saturated heterocycles. The zero-order chi connectivity index (χ0) is 15.1. The SMILES string of the molecule is CN1[C@H]2CC[C@H]1CN(C(=O)[C@H]1CCOc3ccccc31)CC2. The van der Waals surface area contributed by atoms with E-state index >= 15 is 0 Å². The highest BCUT2D eigenvalue weighted by atomic mass is 16.5. The standard InChI is InChI=1S/C18H24N2O2/c1-19-13-6-7-14(19)12-20(10-8-13)18(21)16-9-11-22-17-5-3-2-4-15(16)17/h2-5,13-14,16H,6-12H2,1H3/t13-,14-,16-/m0/s1. The van der Waals surface area contributed by atoms with Gasteiger partial charge in [-0.3, -0.25) is 9.69 Å². The van der Waals surface area contributed by atoms with E-state index in [1.165, 1.54) is 12.8 Å². The molecule has 4 heteroatoms. The molecule has 1 amide bonds. The van der Waals surface area contributed by atoms with Gasteiger partial charge in [0.1, 0.15) is 5.75 Å². The number of carbonyl (C=O) groups is 1. The molecule has 0 radical (unpaired) electrons. The molecule has 0 saturated carbocycles. The summed E-state index contributed by atoms with van der Waals surface area (Å²) in [5.74, 6) is 1.17. The number of likely N-dealkylation sites (N-methyl/N-ethyl adjacent to an activating group) is 1. The Hall–Kier alpha value is -1.55. The van der Waals surface area contributed by atoms with Gasteiger partial charge in [0.15, 0.2) is 0 Å². The predicted octanol–water partition coefficient (Wildman–Crippen LogP) is 2.25. The van der Waals surface area contributed by atoms with Crippen molar-refractivity contribution >= 4 is 5.91 Å². The molecular formula is C18H24N2O2. The van der Waals surface area contributed by atoms with E-state index < -0.39 is 0 Å². The van der Waals surface area contributed by atoms with Crippen molar-refractivity contribution in [1.29, 1.82) is 0 Å². The van der Waals surface area contributed by atoms with E-state index in [4.69, 9.17) is 4.74 Å². The smallest absolute Gasteiger partial charge is 0.230 e. The van der Waals surface area contributed by atoms with Gasteiger partial charge in [0.25, 0.3) is 0 Å². The summed E-state index contributed by atoms with van der Waals surface area (Å²) in [7, 11) is 2.22. The Bertz CT molecular complexity index is 574. The fourth-order valence-corrected chi connectivity index (χ4v) is 4.33. The maximum atomic E-state index is 13.1. The molecule has 0 spiro atoms. The minimum Gasteiger partial charge on any atom is -0.493 e. The molecule has 0 N–H and O–H groups in total. The van der Waals surface area contributed by atoms with Gasteiger partial charge >= 0.3 is 0 Å². The molecular weight excluding hydrogens is 276 g/mol. The van der Waals surface area contributed by atoms with Crippen molar-refractivity contribution < 1.29 is 9.53 Å². The van der Waals surface area contributed by atoms with Crippen LogP contribution in [0.25, 0.3) is 0 Å². The average molecular weight is 300 g/mol. The Morgan fingerprint density at radius 1 is 1.14 bits per heavy atom. The molecule has 0 unspecified atom stereocenters. The van der Waals surface area contributed by atoms with Gasteiger partial charge in [-0.15, -0.1) is 0 Å². The van der Waals surface area contributed by atoms with Gasteiger partial charge in [0.2, 0.25) is 5.91 Å². The number of nitrogens with zero attached hydrogens (tertiary/aromatic N) is 2. The number of carbonyl (C=O) groups excluding carboxylic acids is 1. The van der Waals surface area contributed by atoms with E-state index in [1.54, 1.807) is 0 Å². The maximum Gasteiger partial charge on any atom is 0.230 e. The van der Waals surface area contributed by atoms with Crippen molar-refractivity contribution in [2.45, 2.75) is 43.7 Å². The van der Waals surface area contributed by atoms with Gasteiger partial charge in [-0.25, -0.2) is 0 Å². The summed E-state index contributed by atoms with van der Waals surface area (Å²) < 4.78 is 5.70. The lowest BCUT2D eigenvalue weighted by Crippen LogP contribution is -2.42. The number of ether oxygens (including phenoxy) is 1. The quantitative estimate of drug-likeness (QED) is 0.797. The van der Waals surface area contributed by atoms with Crippen molar-refractivity contribution in [1.82, 2.24) is 9.80 Å². The van der Waals surface area contributed by atoms with E-state index in [9.17, 15) is 4.79 Å². The molecule has 4 rings (SSSR count). The average Bonchev–Trinajstić information content (AvgIpc) is 2.79. The van der Waals surface area contributed by atoms with Crippen molar-refractivity contribution in [2.75, 3.05) is 26.7 Å². The second kappa shape index (κ2) is 5.58. The number of likely N-dealkylation sites (tertiary alicyclic amines) is 1. The van der Waals surface area contributed by atoms with Crippen LogP contribution < -0.4 is 4.74 Å². The van der Waals surface area contributed by atoms with E-state index in [0.717, 1.165) is 37.2 Å². The lowest BCUT2D eigenvalue weighted by molar-refractivity contribution is -0.133. The summed E-state index contributed by atoms with van der Waals surface area (Å²) in [6.45, 7) is 2.45. The van der Waals surface area contributed by atoms with Crippen LogP contribution in [0.1, 0.15) is 37.2 Å². The van der Waals surface area contributed by atoms with E-state index in [1.807, 2.05) is 24.3 Å². The third-order valence-corrected chi connectivity index (χ3v) is 5.72. The van der Waals surface area contributed by atoms with Gasteiger partial charge < -0.3 is 9.64 Å². The van der Waals surface area contributed by atoms with Gasteiger partial charge in [-0.2, -0.15) is 0 Å². The molecule has 4 nitrogen and oxygen atoms in total. The molecule has 1 aromatic rings. The zero-order valence-corrected chi connectivity index (χ0v) is 13.2. The van der Waals surface area contributed by atoms with Crippen LogP contribution in [-0.4, -0.2) is 54.5 Å². The Kier molecular flexibility index (Phi) is 3.57. The van der Waals surface area contributed by atoms with Crippen LogP contribution in [0.3, 0.4) is 0 Å². The van der Waals surface area contributed by atoms with Crippen LogP contribution in [0.5, 0.6) is 5.75 Å². The van der Waals surface area contributed by atoms with Crippen LogP contribution in [0.2, 0.25) is 0 Å². The van der Waals surface area contributed by atoms with Crippen molar-refractivity contribution in [3.63, 3.8) is 0 Å². The fraction of sp³-hybridized carbons (Fsp3) is 0.611. The number of hydrogen-bond donors (Lipinski definition) is 0. The molecule has 2 bridgehead atoms. The molecule has 22 heavy (non-hydrogen) atoms.